The van der Waals surface area contributed by atoms with Crippen LogP contribution in [0.25, 0.3) is 0 Å². The van der Waals surface area contributed by atoms with Gasteiger partial charge in [0.05, 0.1) is 39.6 Å². The number of ketones is 1. The Balaban J connectivity index is 4.12. The van der Waals surface area contributed by atoms with E-state index in [1.807, 2.05) is 0 Å². The molecule has 0 aromatic heterocycles. The van der Waals surface area contributed by atoms with Crippen LogP contribution in [0, 0.1) is 0 Å². The van der Waals surface area contributed by atoms with Crippen LogP contribution in [-0.2, 0) is 57.3 Å². The van der Waals surface area contributed by atoms with Gasteiger partial charge in [0, 0.05) is 32.4 Å². The summed E-state index contributed by atoms with van der Waals surface area (Å²) in [6.07, 6.45) is -1.66. The molecule has 0 aliphatic rings. The SMILES string of the molecule is CN[C@H](CCC(=O)N[C@H](CCC(=O)N[C@H](CCC(=O)NCCOCCOCC(=O)NCCOCCOCC(C)=O)C(=O)O)C(=O)O)C(=O)O. The quantitative estimate of drug-likeness (QED) is 0.0334. The smallest absolute Gasteiger partial charge is 0.326 e. The van der Waals surface area contributed by atoms with Gasteiger partial charge in [-0.15, -0.1) is 0 Å². The minimum absolute atomic E-state index is 0.0308. The van der Waals surface area contributed by atoms with Gasteiger partial charge in [-0.25, -0.2) is 9.59 Å². The van der Waals surface area contributed by atoms with Gasteiger partial charge in [-0.05, 0) is 33.2 Å². The molecule has 20 nitrogen and oxygen atoms in total. The van der Waals surface area contributed by atoms with Crippen LogP contribution in [-0.4, -0.2) is 154 Å². The number of ether oxygens (including phenoxy) is 4. The highest BCUT2D eigenvalue weighted by Crippen LogP contribution is 2.04. The lowest BCUT2D eigenvalue weighted by Gasteiger charge is -2.17. The van der Waals surface area contributed by atoms with E-state index in [9.17, 15) is 48.6 Å². The van der Waals surface area contributed by atoms with Crippen LogP contribution in [0.1, 0.15) is 45.4 Å². The Labute approximate surface area is 283 Å². The summed E-state index contributed by atoms with van der Waals surface area (Å²) in [5.74, 6) is -6.46. The molecule has 0 aliphatic carbocycles. The van der Waals surface area contributed by atoms with Crippen molar-refractivity contribution in [3.63, 3.8) is 0 Å². The van der Waals surface area contributed by atoms with Crippen molar-refractivity contribution in [2.75, 3.05) is 73.0 Å². The van der Waals surface area contributed by atoms with Crippen LogP contribution in [0.5, 0.6) is 0 Å². The van der Waals surface area contributed by atoms with E-state index in [2.05, 4.69) is 26.6 Å². The second-order valence-corrected chi connectivity index (χ2v) is 10.4. The van der Waals surface area contributed by atoms with Gasteiger partial charge in [-0.3, -0.25) is 28.8 Å². The number of carboxylic acid groups (broad SMARTS) is 3. The number of likely N-dealkylation sites (N-methyl/N-ethyl adjacent to an activating group) is 1. The Morgan fingerprint density at radius 2 is 0.898 bits per heavy atom. The molecule has 4 amide bonds. The van der Waals surface area contributed by atoms with Gasteiger partial charge in [-0.1, -0.05) is 0 Å². The Morgan fingerprint density at radius 1 is 0.510 bits per heavy atom. The number of carboxylic acids is 3. The maximum Gasteiger partial charge on any atom is 0.326 e. The zero-order valence-corrected chi connectivity index (χ0v) is 27.8. The Kier molecular flexibility index (Phi) is 25.3. The number of carbonyl (C=O) groups is 8. The molecule has 49 heavy (non-hydrogen) atoms. The Bertz CT molecular complexity index is 1070. The average Bonchev–Trinajstić information content (AvgIpc) is 3.03. The van der Waals surface area contributed by atoms with Gasteiger partial charge in [0.15, 0.2) is 5.78 Å². The van der Waals surface area contributed by atoms with E-state index in [0.29, 0.717) is 6.61 Å². The molecule has 0 unspecified atom stereocenters. The average molecular weight is 708 g/mol. The van der Waals surface area contributed by atoms with Crippen molar-refractivity contribution < 1.29 is 72.6 Å². The first-order chi connectivity index (χ1) is 23.3. The molecule has 0 rings (SSSR count). The van der Waals surface area contributed by atoms with E-state index in [-0.39, 0.29) is 103 Å². The van der Waals surface area contributed by atoms with Gasteiger partial charge >= 0.3 is 17.9 Å². The zero-order chi connectivity index (χ0) is 37.0. The van der Waals surface area contributed by atoms with Gasteiger partial charge in [0.2, 0.25) is 23.6 Å². The third kappa shape index (κ3) is 25.4. The minimum Gasteiger partial charge on any atom is -0.480 e. The lowest BCUT2D eigenvalue weighted by Crippen LogP contribution is -2.44. The molecule has 0 bridgehead atoms. The molecule has 8 N–H and O–H groups in total. The van der Waals surface area contributed by atoms with Crippen molar-refractivity contribution in [1.29, 1.82) is 0 Å². The number of rotatable bonds is 31. The molecule has 3 atom stereocenters. The molecule has 0 heterocycles. The number of hydrogen-bond acceptors (Lipinski definition) is 13. The first kappa shape index (κ1) is 44.8. The fraction of sp³-hybridized carbons (Fsp3) is 0.724. The normalized spacial score (nSPS) is 12.6. The summed E-state index contributed by atoms with van der Waals surface area (Å²) < 4.78 is 20.8. The van der Waals surface area contributed by atoms with E-state index in [4.69, 9.17) is 24.1 Å². The van der Waals surface area contributed by atoms with Crippen molar-refractivity contribution in [2.24, 2.45) is 0 Å². The third-order valence-corrected chi connectivity index (χ3v) is 6.31. The monoisotopic (exact) mass is 707 g/mol. The molecule has 280 valence electrons. The molecule has 0 aliphatic heterocycles. The first-order valence-electron chi connectivity index (χ1n) is 15.5. The van der Waals surface area contributed by atoms with Crippen LogP contribution in [0.15, 0.2) is 0 Å². The summed E-state index contributed by atoms with van der Waals surface area (Å²) in [5.41, 5.74) is 0. The van der Waals surface area contributed by atoms with E-state index < -0.39 is 60.2 Å². The third-order valence-electron chi connectivity index (χ3n) is 6.31. The summed E-state index contributed by atoms with van der Waals surface area (Å²) in [7, 11) is 1.40. The van der Waals surface area contributed by atoms with E-state index in [1.54, 1.807) is 0 Å². The van der Waals surface area contributed by atoms with Crippen molar-refractivity contribution in [1.82, 2.24) is 26.6 Å². The fourth-order valence-corrected chi connectivity index (χ4v) is 3.75. The lowest BCUT2D eigenvalue weighted by molar-refractivity contribution is -0.143. The van der Waals surface area contributed by atoms with Crippen molar-refractivity contribution in [3.8, 4) is 0 Å². The highest BCUT2D eigenvalue weighted by Gasteiger charge is 2.25. The summed E-state index contributed by atoms with van der Waals surface area (Å²) in [6, 6.07) is -3.90. The van der Waals surface area contributed by atoms with Gasteiger partial charge in [-0.2, -0.15) is 0 Å². The first-order valence-corrected chi connectivity index (χ1v) is 15.5. The number of hydrogen-bond donors (Lipinski definition) is 8. The maximum absolute atomic E-state index is 12.3. The van der Waals surface area contributed by atoms with Crippen LogP contribution in [0.3, 0.4) is 0 Å². The summed E-state index contributed by atoms with van der Waals surface area (Å²) in [4.78, 5) is 93.0. The molecule has 0 fully saturated rings. The maximum atomic E-state index is 12.3. The van der Waals surface area contributed by atoms with Crippen LogP contribution in [0.4, 0.5) is 0 Å². The topological polar surface area (TPSA) is 294 Å². The standard InChI is InChI=1S/C29H49N5O15/c1-19(35)17-48-15-13-47-12-10-32-26(39)18-49-16-14-46-11-9-31-23(36)6-4-21(28(42)43)33-25(38)8-5-22(29(44)45)34-24(37)7-3-20(30-2)27(40)41/h20-22,30H,3-18H2,1-2H3,(H,31,36)(H,32,39)(H,33,38)(H,34,37)(H,40,41)(H,42,43)(H,44,45)/t20-,21-,22-/m1/s1. The molecular formula is C29H49N5O15. The summed E-state index contributed by atoms with van der Waals surface area (Å²) in [6.45, 7) is 2.86. The predicted molar refractivity (Wildman–Crippen MR) is 167 cm³/mol. The fourth-order valence-electron chi connectivity index (χ4n) is 3.75. The van der Waals surface area contributed by atoms with E-state index >= 15 is 0 Å². The second-order valence-electron chi connectivity index (χ2n) is 10.4. The van der Waals surface area contributed by atoms with Crippen molar-refractivity contribution in [3.05, 3.63) is 0 Å². The molecule has 0 radical (unpaired) electrons. The van der Waals surface area contributed by atoms with Crippen molar-refractivity contribution in [2.45, 2.75) is 63.6 Å². The molecule has 20 heteroatoms. The molecule has 0 aromatic rings. The highest BCUT2D eigenvalue weighted by molar-refractivity contribution is 5.86. The number of nitrogens with one attached hydrogen (secondary N) is 5. The highest BCUT2D eigenvalue weighted by atomic mass is 16.5. The van der Waals surface area contributed by atoms with E-state index in [1.165, 1.54) is 14.0 Å². The van der Waals surface area contributed by atoms with Gasteiger partial charge < -0.3 is 60.9 Å². The summed E-state index contributed by atoms with van der Waals surface area (Å²) in [5, 5.41) is 39.8. The van der Waals surface area contributed by atoms with Crippen LogP contribution < -0.4 is 26.6 Å². The van der Waals surface area contributed by atoms with Gasteiger partial charge in [0.25, 0.3) is 0 Å². The number of aliphatic carboxylic acids is 3. The van der Waals surface area contributed by atoms with Crippen LogP contribution >= 0.6 is 0 Å². The molecule has 0 spiro atoms. The minimum atomic E-state index is -1.47. The van der Waals surface area contributed by atoms with Crippen LogP contribution in [0.2, 0.25) is 0 Å². The summed E-state index contributed by atoms with van der Waals surface area (Å²) >= 11 is 0. The number of Topliss-reactive ketones (excluding diaryl/α,β-unsaturated/α-hetero) is 1. The predicted octanol–water partition coefficient (Wildman–Crippen LogP) is -2.97. The number of carbonyl (C=O) groups excluding carboxylic acids is 5. The largest absolute Gasteiger partial charge is 0.480 e. The number of amides is 4. The molecule has 0 saturated heterocycles. The van der Waals surface area contributed by atoms with Crippen molar-refractivity contribution >= 4 is 47.3 Å². The lowest BCUT2D eigenvalue weighted by atomic mass is 10.1. The zero-order valence-electron chi connectivity index (χ0n) is 27.8. The van der Waals surface area contributed by atoms with E-state index in [0.717, 1.165) is 0 Å². The Morgan fingerprint density at radius 3 is 1.33 bits per heavy atom. The molecule has 0 saturated carbocycles. The Hall–Kier alpha value is -4.24. The molecular weight excluding hydrogens is 658 g/mol. The second kappa shape index (κ2) is 27.7. The van der Waals surface area contributed by atoms with Gasteiger partial charge in [0.1, 0.15) is 31.3 Å². The molecule has 0 aromatic carbocycles.